The van der Waals surface area contributed by atoms with Crippen LogP contribution in [0.2, 0.25) is 0 Å². The number of aryl methyl sites for hydroxylation is 1. The van der Waals surface area contributed by atoms with E-state index in [2.05, 4.69) is 4.74 Å². The van der Waals surface area contributed by atoms with Crippen molar-refractivity contribution in [1.82, 2.24) is 0 Å². The van der Waals surface area contributed by atoms with Crippen LogP contribution in [0.3, 0.4) is 0 Å². The van der Waals surface area contributed by atoms with Crippen LogP contribution in [0.5, 0.6) is 5.75 Å². The number of carbonyl (C=O) groups excluding carboxylic acids is 1. The lowest BCUT2D eigenvalue weighted by Gasteiger charge is -2.10. The summed E-state index contributed by atoms with van der Waals surface area (Å²) in [6.07, 6.45) is 0.644. The van der Waals surface area contributed by atoms with Gasteiger partial charge >= 0.3 is 11.6 Å². The highest BCUT2D eigenvalue weighted by Gasteiger charge is 2.20. The molecule has 0 aliphatic rings. The van der Waals surface area contributed by atoms with Gasteiger partial charge < -0.3 is 14.3 Å². The molecule has 6 heteroatoms. The summed E-state index contributed by atoms with van der Waals surface area (Å²) >= 11 is 0. The van der Waals surface area contributed by atoms with Gasteiger partial charge in [-0.2, -0.15) is 0 Å². The van der Waals surface area contributed by atoms with Crippen LogP contribution in [0.25, 0.3) is 11.0 Å². The molecule has 0 bridgehead atoms. The molecule has 0 fully saturated rings. The van der Waals surface area contributed by atoms with Crippen LogP contribution in [-0.4, -0.2) is 23.9 Å². The number of esters is 1. The lowest BCUT2D eigenvalue weighted by Crippen LogP contribution is -2.16. The number of carbonyl (C=O) groups is 1. The van der Waals surface area contributed by atoms with Gasteiger partial charge in [-0.05, 0) is 30.2 Å². The molecule has 3 aromatic rings. The molecule has 3 rings (SSSR count). The third-order valence-electron chi connectivity index (χ3n) is 4.21. The fraction of sp³-hybridized carbons (Fsp3) is 0.150. The highest BCUT2D eigenvalue weighted by Crippen LogP contribution is 2.30. The Bertz CT molecular complexity index is 1060. The van der Waals surface area contributed by atoms with Gasteiger partial charge in [-0.15, -0.1) is 0 Å². The van der Waals surface area contributed by atoms with Gasteiger partial charge in [0, 0.05) is 5.56 Å². The molecule has 2 N–H and O–H groups in total. The van der Waals surface area contributed by atoms with E-state index in [1.165, 1.54) is 31.4 Å². The number of hydrogen-bond donors (Lipinski definition) is 2. The first kappa shape index (κ1) is 17.4. The summed E-state index contributed by atoms with van der Waals surface area (Å²) in [5, 5.41) is 19.3. The number of nitrogens with one attached hydrogen (secondary N) is 1. The van der Waals surface area contributed by atoms with Crippen LogP contribution in [0, 0.1) is 5.41 Å². The maximum absolute atomic E-state index is 12.4. The summed E-state index contributed by atoms with van der Waals surface area (Å²) in [5.74, 6) is -0.781. The SMILES string of the molecule is CCc1cccc2c(O)c(C(=N)c3ccc(C(=O)OC)cc3)c(=O)oc12. The number of benzene rings is 2. The van der Waals surface area contributed by atoms with Crippen molar-refractivity contribution in [2.45, 2.75) is 13.3 Å². The van der Waals surface area contributed by atoms with Crippen molar-refractivity contribution in [3.63, 3.8) is 0 Å². The summed E-state index contributed by atoms with van der Waals surface area (Å²) in [4.78, 5) is 23.9. The smallest absolute Gasteiger partial charge is 0.349 e. The molecule has 0 atom stereocenters. The van der Waals surface area contributed by atoms with Crippen molar-refractivity contribution in [2.75, 3.05) is 7.11 Å². The molecular formula is C20H17NO5. The number of rotatable bonds is 4. The molecule has 0 unspecified atom stereocenters. The van der Waals surface area contributed by atoms with Gasteiger partial charge in [-0.25, -0.2) is 9.59 Å². The van der Waals surface area contributed by atoms with E-state index in [1.54, 1.807) is 12.1 Å². The second-order valence-corrected chi connectivity index (χ2v) is 5.70. The maximum atomic E-state index is 12.4. The van der Waals surface area contributed by atoms with Crippen molar-refractivity contribution >= 4 is 22.7 Å². The third-order valence-corrected chi connectivity index (χ3v) is 4.21. The van der Waals surface area contributed by atoms with Gasteiger partial charge in [0.05, 0.1) is 23.8 Å². The van der Waals surface area contributed by atoms with Crippen LogP contribution in [-0.2, 0) is 11.2 Å². The lowest BCUT2D eigenvalue weighted by molar-refractivity contribution is 0.0600. The Morgan fingerprint density at radius 1 is 1.15 bits per heavy atom. The van der Waals surface area contributed by atoms with E-state index in [0.29, 0.717) is 28.5 Å². The molecule has 2 aromatic carbocycles. The fourth-order valence-corrected chi connectivity index (χ4v) is 2.80. The Hall–Kier alpha value is -3.41. The minimum Gasteiger partial charge on any atom is -0.506 e. The highest BCUT2D eigenvalue weighted by molar-refractivity contribution is 6.14. The van der Waals surface area contributed by atoms with Gasteiger partial charge in [-0.3, -0.25) is 5.41 Å². The minimum absolute atomic E-state index is 0.184. The molecule has 0 aliphatic heterocycles. The lowest BCUT2D eigenvalue weighted by atomic mass is 9.99. The van der Waals surface area contributed by atoms with E-state index in [1.807, 2.05) is 13.0 Å². The summed E-state index contributed by atoms with van der Waals surface area (Å²) in [6.45, 7) is 1.92. The Labute approximate surface area is 149 Å². The molecule has 0 saturated carbocycles. The van der Waals surface area contributed by atoms with Crippen LogP contribution >= 0.6 is 0 Å². The van der Waals surface area contributed by atoms with Crippen molar-refractivity contribution in [3.8, 4) is 5.75 Å². The Morgan fingerprint density at radius 3 is 2.42 bits per heavy atom. The minimum atomic E-state index is -0.780. The number of methoxy groups -OCH3 is 1. The summed E-state index contributed by atoms with van der Waals surface area (Å²) in [7, 11) is 1.28. The standard InChI is InChI=1S/C20H17NO5/c1-3-11-5-4-6-14-17(22)15(20(24)26-18(11)14)16(21)12-7-9-13(10-8-12)19(23)25-2/h4-10,21-22H,3H2,1-2H3. The molecule has 0 saturated heterocycles. The zero-order valence-corrected chi connectivity index (χ0v) is 14.3. The molecule has 0 spiro atoms. The first-order valence-corrected chi connectivity index (χ1v) is 8.03. The first-order chi connectivity index (χ1) is 12.5. The average molecular weight is 351 g/mol. The second-order valence-electron chi connectivity index (χ2n) is 5.70. The highest BCUT2D eigenvalue weighted by atomic mass is 16.5. The molecule has 26 heavy (non-hydrogen) atoms. The van der Waals surface area contributed by atoms with E-state index in [0.717, 1.165) is 5.56 Å². The summed E-state index contributed by atoms with van der Waals surface area (Å²) in [6, 6.07) is 11.2. The Balaban J connectivity index is 2.12. The maximum Gasteiger partial charge on any atom is 0.349 e. The zero-order valence-electron chi connectivity index (χ0n) is 14.3. The first-order valence-electron chi connectivity index (χ1n) is 8.03. The quantitative estimate of drug-likeness (QED) is 0.427. The second kappa shape index (κ2) is 6.84. The molecule has 132 valence electrons. The molecule has 1 heterocycles. The molecule has 0 amide bonds. The largest absolute Gasteiger partial charge is 0.506 e. The predicted molar refractivity (Wildman–Crippen MR) is 97.2 cm³/mol. The summed E-state index contributed by atoms with van der Waals surface area (Å²) in [5.41, 5.74) is 0.647. The van der Waals surface area contributed by atoms with Crippen LogP contribution < -0.4 is 5.63 Å². The average Bonchev–Trinajstić information content (AvgIpc) is 2.67. The van der Waals surface area contributed by atoms with E-state index < -0.39 is 11.6 Å². The molecule has 6 nitrogen and oxygen atoms in total. The normalized spacial score (nSPS) is 10.7. The van der Waals surface area contributed by atoms with Gasteiger partial charge in [-0.1, -0.05) is 31.2 Å². The van der Waals surface area contributed by atoms with Gasteiger partial charge in [0.15, 0.2) is 0 Å². The topological polar surface area (TPSA) is 101 Å². The van der Waals surface area contributed by atoms with Gasteiger partial charge in [0.1, 0.15) is 16.9 Å². The van der Waals surface area contributed by atoms with Gasteiger partial charge in [0.2, 0.25) is 0 Å². The molecule has 1 aromatic heterocycles. The summed E-state index contributed by atoms with van der Waals surface area (Å²) < 4.78 is 10.0. The van der Waals surface area contributed by atoms with E-state index in [9.17, 15) is 14.7 Å². The van der Waals surface area contributed by atoms with Crippen molar-refractivity contribution in [1.29, 1.82) is 5.41 Å². The Morgan fingerprint density at radius 2 is 1.81 bits per heavy atom. The van der Waals surface area contributed by atoms with Crippen LogP contribution in [0.4, 0.5) is 0 Å². The van der Waals surface area contributed by atoms with E-state index in [-0.39, 0.29) is 17.0 Å². The number of aromatic hydroxyl groups is 1. The van der Waals surface area contributed by atoms with Crippen molar-refractivity contribution in [2.24, 2.45) is 0 Å². The van der Waals surface area contributed by atoms with E-state index in [4.69, 9.17) is 9.83 Å². The molecule has 0 aliphatic carbocycles. The monoisotopic (exact) mass is 351 g/mol. The predicted octanol–water partition coefficient (Wildman–Crippen LogP) is 3.26. The third kappa shape index (κ3) is 2.86. The fourth-order valence-electron chi connectivity index (χ4n) is 2.80. The van der Waals surface area contributed by atoms with E-state index >= 15 is 0 Å². The van der Waals surface area contributed by atoms with Crippen molar-refractivity contribution in [3.05, 3.63) is 75.1 Å². The molecular weight excluding hydrogens is 334 g/mol. The number of ether oxygens (including phenoxy) is 1. The van der Waals surface area contributed by atoms with Crippen molar-refractivity contribution < 1.29 is 19.1 Å². The number of para-hydroxylation sites is 1. The van der Waals surface area contributed by atoms with Gasteiger partial charge in [0.25, 0.3) is 0 Å². The number of hydrogen-bond acceptors (Lipinski definition) is 6. The van der Waals surface area contributed by atoms with Crippen LogP contribution in [0.15, 0.2) is 51.7 Å². The van der Waals surface area contributed by atoms with Crippen LogP contribution in [0.1, 0.15) is 34.0 Å². The molecule has 0 radical (unpaired) electrons. The number of fused-ring (bicyclic) bond motifs is 1. The zero-order chi connectivity index (χ0) is 18.8. The Kier molecular flexibility index (Phi) is 4.58.